The average Bonchev–Trinajstić information content (AvgIpc) is 2.97. The third-order valence-corrected chi connectivity index (χ3v) is 3.11. The smallest absolute Gasteiger partial charge is 0.226 e. The van der Waals surface area contributed by atoms with Gasteiger partial charge >= 0.3 is 0 Å². The molecular formula is C12H14ClN5O. The molecule has 3 rings (SSSR count). The van der Waals surface area contributed by atoms with E-state index in [0.717, 1.165) is 12.8 Å². The van der Waals surface area contributed by atoms with Gasteiger partial charge in [0.25, 0.3) is 0 Å². The molecule has 0 saturated carbocycles. The first-order valence-corrected chi connectivity index (χ1v) is 6.17. The van der Waals surface area contributed by atoms with Gasteiger partial charge in [-0.1, -0.05) is 0 Å². The van der Waals surface area contributed by atoms with Gasteiger partial charge in [0.15, 0.2) is 11.5 Å². The Labute approximate surface area is 116 Å². The summed E-state index contributed by atoms with van der Waals surface area (Å²) in [5, 5.41) is 0.128. The van der Waals surface area contributed by atoms with Crippen molar-refractivity contribution in [3.05, 3.63) is 11.6 Å². The van der Waals surface area contributed by atoms with Gasteiger partial charge in [0.1, 0.15) is 11.7 Å². The molecule has 2 N–H and O–H groups in total. The third-order valence-electron chi connectivity index (χ3n) is 2.94. The van der Waals surface area contributed by atoms with Crippen LogP contribution in [0.15, 0.2) is 6.33 Å². The first-order valence-electron chi connectivity index (χ1n) is 5.79. The minimum absolute atomic E-state index is 0.0413. The Morgan fingerprint density at radius 2 is 2.16 bits per heavy atom. The number of terminal acetylenes is 1. The summed E-state index contributed by atoms with van der Waals surface area (Å²) in [4.78, 5) is 12.2. The molecule has 1 aliphatic rings. The lowest BCUT2D eigenvalue weighted by atomic mass is 10.2. The molecule has 3 heterocycles. The summed E-state index contributed by atoms with van der Waals surface area (Å²) in [6.45, 7) is 2.05. The Hall–Kier alpha value is -1.84. The summed E-state index contributed by atoms with van der Waals surface area (Å²) >= 11 is 5.80. The zero-order valence-corrected chi connectivity index (χ0v) is 11.2. The van der Waals surface area contributed by atoms with Crippen molar-refractivity contribution in [1.29, 1.82) is 0 Å². The van der Waals surface area contributed by atoms with Crippen LogP contribution >= 0.6 is 11.6 Å². The van der Waals surface area contributed by atoms with Gasteiger partial charge in [-0.25, -0.2) is 4.98 Å². The summed E-state index contributed by atoms with van der Waals surface area (Å²) in [5.41, 5.74) is 6.94. The number of anilines is 1. The van der Waals surface area contributed by atoms with E-state index in [4.69, 9.17) is 22.1 Å². The fourth-order valence-corrected chi connectivity index (χ4v) is 2.28. The Morgan fingerprint density at radius 1 is 1.42 bits per heavy atom. The molecule has 2 aromatic rings. The monoisotopic (exact) mass is 279 g/mol. The Kier molecular flexibility index (Phi) is 3.88. The Morgan fingerprint density at radius 3 is 2.79 bits per heavy atom. The maximum Gasteiger partial charge on any atom is 0.226 e. The number of rotatable bonds is 1. The van der Waals surface area contributed by atoms with Crippen LogP contribution in [0.2, 0.25) is 5.28 Å². The highest BCUT2D eigenvalue weighted by Crippen LogP contribution is 2.31. The maximum atomic E-state index is 5.80. The van der Waals surface area contributed by atoms with E-state index in [-0.39, 0.29) is 17.6 Å². The lowest BCUT2D eigenvalue weighted by molar-refractivity contribution is 0.0132. The van der Waals surface area contributed by atoms with Crippen molar-refractivity contribution >= 4 is 28.6 Å². The molecule has 1 saturated heterocycles. The highest BCUT2D eigenvalue weighted by atomic mass is 35.5. The molecule has 6 nitrogen and oxygen atoms in total. The number of fused-ring (bicyclic) bond motifs is 1. The van der Waals surface area contributed by atoms with Crippen molar-refractivity contribution in [1.82, 2.24) is 19.5 Å². The van der Waals surface area contributed by atoms with Crippen molar-refractivity contribution in [2.24, 2.45) is 0 Å². The van der Waals surface area contributed by atoms with Gasteiger partial charge in [0.05, 0.1) is 12.4 Å². The second-order valence-corrected chi connectivity index (χ2v) is 4.52. The van der Waals surface area contributed by atoms with Gasteiger partial charge in [-0.2, -0.15) is 9.97 Å². The van der Waals surface area contributed by atoms with E-state index in [0.29, 0.717) is 17.0 Å². The molecule has 19 heavy (non-hydrogen) atoms. The van der Waals surface area contributed by atoms with Crippen LogP contribution in [0.25, 0.3) is 11.2 Å². The van der Waals surface area contributed by atoms with Crippen molar-refractivity contribution in [3.8, 4) is 12.8 Å². The number of hydrogen-bond donors (Lipinski definition) is 1. The fourth-order valence-electron chi connectivity index (χ4n) is 2.11. The summed E-state index contributed by atoms with van der Waals surface area (Å²) in [5.74, 6) is 0.296. The van der Waals surface area contributed by atoms with E-state index in [1.54, 1.807) is 6.33 Å². The summed E-state index contributed by atoms with van der Waals surface area (Å²) < 4.78 is 7.64. The SMILES string of the molecule is C#C.CC1CCC(n2cnc3c(N)nc(Cl)nc32)O1. The van der Waals surface area contributed by atoms with E-state index in [1.165, 1.54) is 0 Å². The highest BCUT2D eigenvalue weighted by molar-refractivity contribution is 6.28. The minimum atomic E-state index is -0.0413. The first kappa shape index (κ1) is 13.6. The number of aromatic nitrogens is 4. The number of nitrogens with zero attached hydrogens (tertiary/aromatic N) is 4. The average molecular weight is 280 g/mol. The van der Waals surface area contributed by atoms with E-state index < -0.39 is 0 Å². The molecule has 0 amide bonds. The van der Waals surface area contributed by atoms with Crippen LogP contribution in [0.5, 0.6) is 0 Å². The van der Waals surface area contributed by atoms with E-state index >= 15 is 0 Å². The van der Waals surface area contributed by atoms with Crippen molar-refractivity contribution in [2.45, 2.75) is 32.1 Å². The molecule has 2 unspecified atom stereocenters. The molecule has 0 spiro atoms. The standard InChI is InChI=1S/C10H12ClN5O.C2H2/c1-5-2-3-6(17-5)16-4-13-7-8(12)14-10(11)15-9(7)16;1-2/h4-6H,2-3H2,1H3,(H2,12,14,15);1-2H. The van der Waals surface area contributed by atoms with Gasteiger partial charge in [-0.05, 0) is 31.4 Å². The maximum absolute atomic E-state index is 5.80. The van der Waals surface area contributed by atoms with Crippen LogP contribution < -0.4 is 5.73 Å². The predicted molar refractivity (Wildman–Crippen MR) is 73.5 cm³/mol. The number of nitrogens with two attached hydrogens (primary N) is 1. The fraction of sp³-hybridized carbons (Fsp3) is 0.417. The highest BCUT2D eigenvalue weighted by Gasteiger charge is 2.25. The molecule has 1 aliphatic heterocycles. The number of hydrogen-bond acceptors (Lipinski definition) is 5. The lowest BCUT2D eigenvalue weighted by Crippen LogP contribution is -2.09. The zero-order valence-electron chi connectivity index (χ0n) is 10.5. The minimum Gasteiger partial charge on any atom is -0.382 e. The van der Waals surface area contributed by atoms with E-state index in [1.807, 2.05) is 4.57 Å². The van der Waals surface area contributed by atoms with Gasteiger partial charge in [-0.3, -0.25) is 4.57 Å². The summed E-state index contributed by atoms with van der Waals surface area (Å²) in [6, 6.07) is 0. The Bertz CT molecular complexity index is 609. The van der Waals surface area contributed by atoms with Crippen LogP contribution in [0.1, 0.15) is 26.0 Å². The van der Waals surface area contributed by atoms with Crippen LogP contribution in [-0.2, 0) is 4.74 Å². The molecule has 7 heteroatoms. The number of nitrogen functional groups attached to an aromatic ring is 1. The van der Waals surface area contributed by atoms with Crippen molar-refractivity contribution in [2.75, 3.05) is 5.73 Å². The van der Waals surface area contributed by atoms with Gasteiger partial charge in [0, 0.05) is 0 Å². The molecule has 0 aromatic carbocycles. The number of halogens is 1. The number of imidazole rings is 1. The largest absolute Gasteiger partial charge is 0.382 e. The normalized spacial score (nSPS) is 22.1. The Balaban J connectivity index is 0.000000637. The molecule has 100 valence electrons. The van der Waals surface area contributed by atoms with Crippen LogP contribution in [0.4, 0.5) is 5.82 Å². The van der Waals surface area contributed by atoms with Gasteiger partial charge < -0.3 is 10.5 Å². The second kappa shape index (κ2) is 5.43. The quantitative estimate of drug-likeness (QED) is 0.638. The van der Waals surface area contributed by atoms with Crippen LogP contribution in [-0.4, -0.2) is 25.6 Å². The zero-order chi connectivity index (χ0) is 14.0. The molecule has 2 aromatic heterocycles. The molecule has 2 atom stereocenters. The molecule has 0 aliphatic carbocycles. The topological polar surface area (TPSA) is 78.9 Å². The molecule has 0 radical (unpaired) electrons. The predicted octanol–water partition coefficient (Wildman–Crippen LogP) is 2.01. The summed E-state index contributed by atoms with van der Waals surface area (Å²) in [6.07, 6.45) is 11.9. The van der Waals surface area contributed by atoms with Gasteiger partial charge in [0.2, 0.25) is 5.28 Å². The number of ether oxygens (including phenoxy) is 1. The lowest BCUT2D eigenvalue weighted by Gasteiger charge is -2.12. The third kappa shape index (κ3) is 2.48. The molecule has 1 fully saturated rings. The van der Waals surface area contributed by atoms with E-state index in [9.17, 15) is 0 Å². The van der Waals surface area contributed by atoms with Gasteiger partial charge in [-0.15, -0.1) is 12.8 Å². The molecule has 0 bridgehead atoms. The van der Waals surface area contributed by atoms with Crippen molar-refractivity contribution in [3.63, 3.8) is 0 Å². The molecular weight excluding hydrogens is 266 g/mol. The van der Waals surface area contributed by atoms with Crippen LogP contribution in [0.3, 0.4) is 0 Å². The summed E-state index contributed by atoms with van der Waals surface area (Å²) in [7, 11) is 0. The van der Waals surface area contributed by atoms with Crippen LogP contribution in [0, 0.1) is 12.8 Å². The van der Waals surface area contributed by atoms with E-state index in [2.05, 4.69) is 34.7 Å². The second-order valence-electron chi connectivity index (χ2n) is 4.18. The first-order chi connectivity index (χ1) is 9.15. The van der Waals surface area contributed by atoms with Crippen molar-refractivity contribution < 1.29 is 4.74 Å².